The Morgan fingerprint density at radius 1 is 1.04 bits per heavy atom. The monoisotopic (exact) mass is 376 g/mol. The molecule has 0 bridgehead atoms. The summed E-state index contributed by atoms with van der Waals surface area (Å²) >= 11 is 5.74. The van der Waals surface area contributed by atoms with Crippen LogP contribution in [0.3, 0.4) is 0 Å². The first-order valence-electron chi connectivity index (χ1n) is 7.62. The third kappa shape index (κ3) is 5.78. The number of hydrogen-bond donors (Lipinski definition) is 2. The number of rotatable bonds is 7. The number of carbonyl (C=O) groups is 3. The van der Waals surface area contributed by atoms with E-state index in [0.717, 1.165) is 0 Å². The van der Waals surface area contributed by atoms with Crippen molar-refractivity contribution in [2.45, 2.75) is 0 Å². The zero-order valence-electron chi connectivity index (χ0n) is 14.0. The highest BCUT2D eigenvalue weighted by Crippen LogP contribution is 2.22. The van der Waals surface area contributed by atoms with Crippen LogP contribution in [0, 0.1) is 0 Å². The summed E-state index contributed by atoms with van der Waals surface area (Å²) in [6, 6.07) is 13.0. The van der Waals surface area contributed by atoms with E-state index < -0.39 is 24.4 Å². The first kappa shape index (κ1) is 19.3. The van der Waals surface area contributed by atoms with E-state index in [9.17, 15) is 14.4 Å². The van der Waals surface area contributed by atoms with Crippen LogP contribution in [-0.4, -0.2) is 38.0 Å². The molecule has 0 aliphatic carbocycles. The summed E-state index contributed by atoms with van der Waals surface area (Å²) in [5.41, 5.74) is 0.822. The lowest BCUT2D eigenvalue weighted by molar-refractivity contribution is -0.146. The average molecular weight is 377 g/mol. The van der Waals surface area contributed by atoms with Gasteiger partial charge in [0.1, 0.15) is 12.3 Å². The zero-order chi connectivity index (χ0) is 18.9. The standard InChI is InChI=1S/C18H17ClN2O5/c1-25-15-5-3-2-4-14(15)21-16(22)11-26-17(23)10-20-18(24)12-6-8-13(19)9-7-12/h2-9H,10-11H2,1H3,(H,20,24)(H,21,22). The third-order valence-electron chi connectivity index (χ3n) is 3.25. The molecule has 0 heterocycles. The van der Waals surface area contributed by atoms with Gasteiger partial charge in [0.15, 0.2) is 6.61 Å². The maximum Gasteiger partial charge on any atom is 0.325 e. The van der Waals surface area contributed by atoms with Gasteiger partial charge in [0.25, 0.3) is 11.8 Å². The SMILES string of the molecule is COc1ccccc1NC(=O)COC(=O)CNC(=O)c1ccc(Cl)cc1. The van der Waals surface area contributed by atoms with E-state index in [4.69, 9.17) is 21.1 Å². The van der Waals surface area contributed by atoms with E-state index in [1.54, 1.807) is 36.4 Å². The van der Waals surface area contributed by atoms with E-state index in [0.29, 0.717) is 22.0 Å². The molecule has 0 aliphatic heterocycles. The molecule has 2 amide bonds. The molecule has 0 saturated carbocycles. The summed E-state index contributed by atoms with van der Waals surface area (Å²) in [4.78, 5) is 35.3. The number of nitrogens with one attached hydrogen (secondary N) is 2. The predicted molar refractivity (Wildman–Crippen MR) is 96.4 cm³/mol. The Balaban J connectivity index is 1.75. The van der Waals surface area contributed by atoms with E-state index in [1.165, 1.54) is 19.2 Å². The number of esters is 1. The Morgan fingerprint density at radius 3 is 2.42 bits per heavy atom. The summed E-state index contributed by atoms with van der Waals surface area (Å²) in [5.74, 6) is -1.21. The van der Waals surface area contributed by atoms with Gasteiger partial charge in [0.05, 0.1) is 12.8 Å². The molecule has 0 fully saturated rings. The molecule has 2 aromatic rings. The molecule has 8 heteroatoms. The minimum atomic E-state index is -0.734. The fourth-order valence-electron chi connectivity index (χ4n) is 1.99. The van der Waals surface area contributed by atoms with Gasteiger partial charge in [-0.3, -0.25) is 14.4 Å². The first-order chi connectivity index (χ1) is 12.5. The van der Waals surface area contributed by atoms with E-state index in [1.807, 2.05) is 0 Å². The van der Waals surface area contributed by atoms with E-state index in [2.05, 4.69) is 10.6 Å². The molecule has 0 radical (unpaired) electrons. The zero-order valence-corrected chi connectivity index (χ0v) is 14.7. The van der Waals surface area contributed by atoms with E-state index >= 15 is 0 Å². The molecular formula is C18H17ClN2O5. The number of methoxy groups -OCH3 is 1. The highest BCUT2D eigenvalue weighted by Gasteiger charge is 2.12. The second kappa shape index (κ2) is 9.43. The molecule has 136 valence electrons. The lowest BCUT2D eigenvalue weighted by atomic mass is 10.2. The Bertz CT molecular complexity index is 792. The van der Waals surface area contributed by atoms with Crippen molar-refractivity contribution in [3.63, 3.8) is 0 Å². The molecule has 2 aromatic carbocycles. The van der Waals surface area contributed by atoms with Crippen LogP contribution in [-0.2, 0) is 14.3 Å². The molecule has 2 N–H and O–H groups in total. The lowest BCUT2D eigenvalue weighted by Gasteiger charge is -2.10. The van der Waals surface area contributed by atoms with Crippen molar-refractivity contribution in [2.24, 2.45) is 0 Å². The predicted octanol–water partition coefficient (Wildman–Crippen LogP) is 2.26. The van der Waals surface area contributed by atoms with Crippen LogP contribution in [0.15, 0.2) is 48.5 Å². The summed E-state index contributed by atoms with van der Waals surface area (Å²) < 4.78 is 9.94. The van der Waals surface area contributed by atoms with Gasteiger partial charge in [0.2, 0.25) is 0 Å². The molecule has 7 nitrogen and oxygen atoms in total. The normalized spacial score (nSPS) is 9.92. The number of halogens is 1. The molecule has 0 unspecified atom stereocenters. The highest BCUT2D eigenvalue weighted by atomic mass is 35.5. The van der Waals surface area contributed by atoms with Crippen molar-refractivity contribution in [3.8, 4) is 5.75 Å². The van der Waals surface area contributed by atoms with Gasteiger partial charge in [-0.1, -0.05) is 23.7 Å². The number of amides is 2. The van der Waals surface area contributed by atoms with Crippen LogP contribution < -0.4 is 15.4 Å². The Kier molecular flexibility index (Phi) is 6.99. The molecule has 0 saturated heterocycles. The maximum absolute atomic E-state index is 11.9. The lowest BCUT2D eigenvalue weighted by Crippen LogP contribution is -2.32. The van der Waals surface area contributed by atoms with Gasteiger partial charge in [-0.25, -0.2) is 0 Å². The number of anilines is 1. The van der Waals surface area contributed by atoms with Gasteiger partial charge < -0.3 is 20.1 Å². The van der Waals surface area contributed by atoms with Crippen molar-refractivity contribution in [1.29, 1.82) is 0 Å². The molecular weight excluding hydrogens is 360 g/mol. The Morgan fingerprint density at radius 2 is 1.73 bits per heavy atom. The van der Waals surface area contributed by atoms with Crippen LogP contribution >= 0.6 is 11.6 Å². The van der Waals surface area contributed by atoms with Crippen LogP contribution in [0.5, 0.6) is 5.75 Å². The first-order valence-corrected chi connectivity index (χ1v) is 7.99. The largest absolute Gasteiger partial charge is 0.495 e. The van der Waals surface area contributed by atoms with Crippen molar-refractivity contribution >= 4 is 35.1 Å². The minimum Gasteiger partial charge on any atom is -0.495 e. The molecule has 2 rings (SSSR count). The number of hydrogen-bond acceptors (Lipinski definition) is 5. The summed E-state index contributed by atoms with van der Waals surface area (Å²) in [7, 11) is 1.48. The van der Waals surface area contributed by atoms with Crippen molar-refractivity contribution in [3.05, 3.63) is 59.1 Å². The molecule has 0 aliphatic rings. The molecule has 0 aromatic heterocycles. The summed E-state index contributed by atoms with van der Waals surface area (Å²) in [6.07, 6.45) is 0. The summed E-state index contributed by atoms with van der Waals surface area (Å²) in [5, 5.41) is 5.48. The molecule has 26 heavy (non-hydrogen) atoms. The topological polar surface area (TPSA) is 93.7 Å². The third-order valence-corrected chi connectivity index (χ3v) is 3.50. The highest BCUT2D eigenvalue weighted by molar-refractivity contribution is 6.30. The average Bonchev–Trinajstić information content (AvgIpc) is 2.65. The number of para-hydroxylation sites is 2. The van der Waals surface area contributed by atoms with Crippen molar-refractivity contribution < 1.29 is 23.9 Å². The van der Waals surface area contributed by atoms with Crippen LogP contribution in [0.1, 0.15) is 10.4 Å². The van der Waals surface area contributed by atoms with Gasteiger partial charge in [-0.05, 0) is 36.4 Å². The van der Waals surface area contributed by atoms with Crippen LogP contribution in [0.4, 0.5) is 5.69 Å². The fourth-order valence-corrected chi connectivity index (χ4v) is 2.11. The van der Waals surface area contributed by atoms with E-state index in [-0.39, 0.29) is 6.54 Å². The van der Waals surface area contributed by atoms with Crippen molar-refractivity contribution in [2.75, 3.05) is 25.6 Å². The summed E-state index contributed by atoms with van der Waals surface area (Å²) in [6.45, 7) is -0.836. The van der Waals surface area contributed by atoms with Crippen LogP contribution in [0.2, 0.25) is 5.02 Å². The maximum atomic E-state index is 11.9. The van der Waals surface area contributed by atoms with Gasteiger partial charge in [-0.2, -0.15) is 0 Å². The number of benzene rings is 2. The van der Waals surface area contributed by atoms with Gasteiger partial charge >= 0.3 is 5.97 Å². The fraction of sp³-hybridized carbons (Fsp3) is 0.167. The van der Waals surface area contributed by atoms with Crippen LogP contribution in [0.25, 0.3) is 0 Å². The van der Waals surface area contributed by atoms with Gasteiger partial charge in [0, 0.05) is 10.6 Å². The minimum absolute atomic E-state index is 0.358. The van der Waals surface area contributed by atoms with Gasteiger partial charge in [-0.15, -0.1) is 0 Å². The smallest absolute Gasteiger partial charge is 0.325 e. The molecule has 0 spiro atoms. The Labute approximate surface area is 155 Å². The second-order valence-electron chi connectivity index (χ2n) is 5.10. The Hall–Kier alpha value is -3.06. The van der Waals surface area contributed by atoms with Crippen molar-refractivity contribution in [1.82, 2.24) is 5.32 Å². The number of carbonyl (C=O) groups excluding carboxylic acids is 3. The quantitative estimate of drug-likeness (QED) is 0.723. The second-order valence-corrected chi connectivity index (χ2v) is 5.54. The number of ether oxygens (including phenoxy) is 2. The molecule has 0 atom stereocenters.